The van der Waals surface area contributed by atoms with E-state index < -0.39 is 0 Å². The van der Waals surface area contributed by atoms with Gasteiger partial charge in [-0.2, -0.15) is 0 Å². The first-order valence-corrected chi connectivity index (χ1v) is 11.5. The average molecular weight is 511 g/mol. The van der Waals surface area contributed by atoms with Crippen LogP contribution in [0.2, 0.25) is 5.02 Å². The smallest absolute Gasteiger partial charge is 0.298 e. The van der Waals surface area contributed by atoms with Crippen molar-refractivity contribution >= 4 is 62.2 Å². The molecule has 1 aliphatic heterocycles. The standard InChI is InChI=1S/C22H21BrClNO4S/c1-4-13(3)29-20-17(23)10-14(11-18(20)28-5-2)12-19-21(26)25(22(27)30-19)16-8-6-15(24)7-9-16/h6-13H,4-5H2,1-3H3/b19-12+/t13-/m1/s1. The monoisotopic (exact) mass is 509 g/mol. The number of imide groups is 1. The molecule has 5 nitrogen and oxygen atoms in total. The number of halogens is 2. The van der Waals surface area contributed by atoms with Crippen molar-refractivity contribution in [3.05, 3.63) is 56.4 Å². The number of anilines is 1. The van der Waals surface area contributed by atoms with Gasteiger partial charge in [0.25, 0.3) is 11.1 Å². The van der Waals surface area contributed by atoms with E-state index >= 15 is 0 Å². The minimum absolute atomic E-state index is 0.0298. The van der Waals surface area contributed by atoms with Crippen LogP contribution in [0.5, 0.6) is 11.5 Å². The van der Waals surface area contributed by atoms with Crippen LogP contribution in [0.3, 0.4) is 0 Å². The topological polar surface area (TPSA) is 55.8 Å². The number of hydrogen-bond donors (Lipinski definition) is 0. The third kappa shape index (κ3) is 5.02. The van der Waals surface area contributed by atoms with E-state index in [1.807, 2.05) is 32.9 Å². The predicted molar refractivity (Wildman–Crippen MR) is 126 cm³/mol. The van der Waals surface area contributed by atoms with Crippen molar-refractivity contribution in [3.63, 3.8) is 0 Å². The Kier molecular flexibility index (Phi) is 7.50. The highest BCUT2D eigenvalue weighted by Crippen LogP contribution is 2.40. The van der Waals surface area contributed by atoms with E-state index in [0.717, 1.165) is 33.1 Å². The zero-order valence-electron chi connectivity index (χ0n) is 16.8. The van der Waals surface area contributed by atoms with Crippen molar-refractivity contribution in [2.45, 2.75) is 33.3 Å². The van der Waals surface area contributed by atoms with Crippen LogP contribution in [0, 0.1) is 0 Å². The van der Waals surface area contributed by atoms with Gasteiger partial charge in [0.05, 0.1) is 27.8 Å². The van der Waals surface area contributed by atoms with Crippen molar-refractivity contribution in [2.24, 2.45) is 0 Å². The van der Waals surface area contributed by atoms with Crippen LogP contribution in [-0.2, 0) is 4.79 Å². The molecule has 2 amide bonds. The molecule has 0 N–H and O–H groups in total. The molecule has 0 radical (unpaired) electrons. The van der Waals surface area contributed by atoms with E-state index in [1.165, 1.54) is 0 Å². The van der Waals surface area contributed by atoms with E-state index in [1.54, 1.807) is 30.3 Å². The van der Waals surface area contributed by atoms with Crippen LogP contribution in [0.1, 0.15) is 32.8 Å². The minimum Gasteiger partial charge on any atom is -0.490 e. The van der Waals surface area contributed by atoms with Gasteiger partial charge in [-0.15, -0.1) is 0 Å². The molecule has 1 aliphatic rings. The van der Waals surface area contributed by atoms with Gasteiger partial charge in [-0.05, 0) is 96.0 Å². The van der Waals surface area contributed by atoms with Crippen molar-refractivity contribution < 1.29 is 19.1 Å². The fraction of sp³-hybridized carbons (Fsp3) is 0.273. The van der Waals surface area contributed by atoms with Crippen LogP contribution >= 0.6 is 39.3 Å². The number of nitrogens with zero attached hydrogens (tertiary/aromatic N) is 1. The lowest BCUT2D eigenvalue weighted by Gasteiger charge is -2.18. The zero-order valence-corrected chi connectivity index (χ0v) is 19.9. The predicted octanol–water partition coefficient (Wildman–Crippen LogP) is 6.92. The molecule has 2 aromatic carbocycles. The summed E-state index contributed by atoms with van der Waals surface area (Å²) in [4.78, 5) is 26.8. The van der Waals surface area contributed by atoms with Gasteiger partial charge in [0.1, 0.15) is 0 Å². The number of ether oxygens (including phenoxy) is 2. The number of carbonyl (C=O) groups excluding carboxylic acids is 2. The molecule has 8 heteroatoms. The van der Waals surface area contributed by atoms with Gasteiger partial charge < -0.3 is 9.47 Å². The molecule has 0 saturated carbocycles. The van der Waals surface area contributed by atoms with E-state index in [9.17, 15) is 9.59 Å². The Labute approximate surface area is 193 Å². The quantitative estimate of drug-likeness (QED) is 0.378. The van der Waals surface area contributed by atoms with Crippen molar-refractivity contribution in [2.75, 3.05) is 11.5 Å². The molecule has 158 valence electrons. The molecular weight excluding hydrogens is 490 g/mol. The highest BCUT2D eigenvalue weighted by Gasteiger charge is 2.36. The summed E-state index contributed by atoms with van der Waals surface area (Å²) >= 11 is 10.3. The summed E-state index contributed by atoms with van der Waals surface area (Å²) in [5, 5.41) is 0.184. The van der Waals surface area contributed by atoms with E-state index in [0.29, 0.717) is 33.7 Å². The van der Waals surface area contributed by atoms with Gasteiger partial charge in [0, 0.05) is 5.02 Å². The fourth-order valence-corrected chi connectivity index (χ4v) is 4.29. The Morgan fingerprint density at radius 3 is 2.53 bits per heavy atom. The van der Waals surface area contributed by atoms with Crippen molar-refractivity contribution in [3.8, 4) is 11.5 Å². The molecule has 1 heterocycles. The van der Waals surface area contributed by atoms with Gasteiger partial charge in [-0.1, -0.05) is 18.5 Å². The van der Waals surface area contributed by atoms with Crippen LogP contribution in [0.15, 0.2) is 45.8 Å². The van der Waals surface area contributed by atoms with Crippen molar-refractivity contribution in [1.82, 2.24) is 0 Å². The summed E-state index contributed by atoms with van der Waals surface area (Å²) in [5.41, 5.74) is 1.21. The van der Waals surface area contributed by atoms with Gasteiger partial charge >= 0.3 is 0 Å². The zero-order chi connectivity index (χ0) is 21.8. The molecule has 0 bridgehead atoms. The molecule has 0 aliphatic carbocycles. The second-order valence-corrected chi connectivity index (χ2v) is 8.88. The first-order valence-electron chi connectivity index (χ1n) is 9.50. The minimum atomic E-state index is -0.374. The first-order chi connectivity index (χ1) is 14.3. The summed E-state index contributed by atoms with van der Waals surface area (Å²) in [7, 11) is 0. The number of hydrogen-bond acceptors (Lipinski definition) is 5. The first kappa shape index (κ1) is 22.7. The Balaban J connectivity index is 1.93. The van der Waals surface area contributed by atoms with Gasteiger partial charge in [-0.25, -0.2) is 4.90 Å². The number of rotatable bonds is 7. The lowest BCUT2D eigenvalue weighted by Crippen LogP contribution is -2.27. The lowest BCUT2D eigenvalue weighted by molar-refractivity contribution is -0.113. The normalized spacial score (nSPS) is 16.3. The number of benzene rings is 2. The fourth-order valence-electron chi connectivity index (χ4n) is 2.76. The van der Waals surface area contributed by atoms with Gasteiger partial charge in [-0.3, -0.25) is 9.59 Å². The summed E-state index contributed by atoms with van der Waals surface area (Å²) in [5.74, 6) is 0.828. The molecule has 30 heavy (non-hydrogen) atoms. The van der Waals surface area contributed by atoms with Gasteiger partial charge in [0.15, 0.2) is 11.5 Å². The van der Waals surface area contributed by atoms with Crippen molar-refractivity contribution in [1.29, 1.82) is 0 Å². The number of carbonyl (C=O) groups is 2. The van der Waals surface area contributed by atoms with Crippen LogP contribution in [0.4, 0.5) is 10.5 Å². The molecule has 2 aromatic rings. The second kappa shape index (κ2) is 9.90. The summed E-state index contributed by atoms with van der Waals surface area (Å²) in [6, 6.07) is 10.2. The highest BCUT2D eigenvalue weighted by molar-refractivity contribution is 9.10. The molecule has 1 fully saturated rings. The molecule has 1 atom stereocenters. The van der Waals surface area contributed by atoms with Crippen LogP contribution < -0.4 is 14.4 Å². The van der Waals surface area contributed by atoms with Crippen LogP contribution in [-0.4, -0.2) is 23.9 Å². The van der Waals surface area contributed by atoms with Gasteiger partial charge in [0.2, 0.25) is 0 Å². The Morgan fingerprint density at radius 1 is 1.20 bits per heavy atom. The molecular formula is C22H21BrClNO4S. The number of amides is 2. The second-order valence-electron chi connectivity index (χ2n) is 6.59. The highest BCUT2D eigenvalue weighted by atomic mass is 79.9. The van der Waals surface area contributed by atoms with Crippen LogP contribution in [0.25, 0.3) is 6.08 Å². The van der Waals surface area contributed by atoms with E-state index in [-0.39, 0.29) is 17.3 Å². The summed E-state index contributed by atoms with van der Waals surface area (Å²) in [6.45, 7) is 6.40. The third-order valence-corrected chi connectivity index (χ3v) is 6.11. The number of thioether (sulfide) groups is 1. The molecule has 0 spiro atoms. The SMILES string of the molecule is CCOc1cc(/C=C2/SC(=O)N(c3ccc(Cl)cc3)C2=O)cc(Br)c1O[C@H](C)CC. The lowest BCUT2D eigenvalue weighted by atomic mass is 10.1. The Hall–Kier alpha value is -1.96. The largest absolute Gasteiger partial charge is 0.490 e. The molecule has 0 unspecified atom stereocenters. The maximum atomic E-state index is 12.9. The Morgan fingerprint density at radius 2 is 1.90 bits per heavy atom. The maximum absolute atomic E-state index is 12.9. The van der Waals surface area contributed by atoms with E-state index in [4.69, 9.17) is 21.1 Å². The maximum Gasteiger partial charge on any atom is 0.298 e. The average Bonchev–Trinajstić information content (AvgIpc) is 2.98. The molecule has 1 saturated heterocycles. The molecule has 0 aromatic heterocycles. The summed E-state index contributed by atoms with van der Waals surface area (Å²) in [6.07, 6.45) is 2.57. The summed E-state index contributed by atoms with van der Waals surface area (Å²) < 4.78 is 12.5. The Bertz CT molecular complexity index is 993. The third-order valence-electron chi connectivity index (χ3n) is 4.40. The molecule has 3 rings (SSSR count). The van der Waals surface area contributed by atoms with E-state index in [2.05, 4.69) is 15.9 Å².